The van der Waals surface area contributed by atoms with Crippen molar-refractivity contribution in [2.75, 3.05) is 11.9 Å². The molecule has 0 aliphatic heterocycles. The summed E-state index contributed by atoms with van der Waals surface area (Å²) in [6.45, 7) is 0.141. The van der Waals surface area contributed by atoms with Crippen molar-refractivity contribution in [3.63, 3.8) is 0 Å². The van der Waals surface area contributed by atoms with Gasteiger partial charge in [0.25, 0.3) is 0 Å². The predicted octanol–water partition coefficient (Wildman–Crippen LogP) is 1.05. The third-order valence-electron chi connectivity index (χ3n) is 0.534. The molecule has 0 aromatic rings. The molecule has 0 saturated carbocycles. The molecule has 0 aromatic heterocycles. The molecule has 0 amide bonds. The Morgan fingerprint density at radius 2 is 2.50 bits per heavy atom. The fourth-order valence-corrected chi connectivity index (χ4v) is 0.384. The monoisotopic (exact) mass is 179 g/mol. The zero-order valence-electron chi connectivity index (χ0n) is 4.16. The summed E-state index contributed by atoms with van der Waals surface area (Å²) >= 11 is 3.01. The minimum Gasteiger partial charge on any atom is -0.392 e. The maximum Gasteiger partial charge on any atom is 0.0693 e. The van der Waals surface area contributed by atoms with Gasteiger partial charge in [-0.05, 0) is 5.53 Å². The number of alkyl halides is 1. The van der Waals surface area contributed by atoms with Crippen molar-refractivity contribution in [2.45, 2.75) is 6.10 Å². The summed E-state index contributed by atoms with van der Waals surface area (Å²) < 4.78 is 0. The molecule has 0 heterocycles. The summed E-state index contributed by atoms with van der Waals surface area (Å²) in [5.41, 5.74) is 7.74. The molecule has 1 atom stereocenters. The van der Waals surface area contributed by atoms with Gasteiger partial charge in [-0.3, -0.25) is 0 Å². The first kappa shape index (κ1) is 7.75. The largest absolute Gasteiger partial charge is 0.392 e. The van der Waals surface area contributed by atoms with Gasteiger partial charge in [0.15, 0.2) is 0 Å². The molecule has 0 aromatic carbocycles. The van der Waals surface area contributed by atoms with Crippen LogP contribution in [0.3, 0.4) is 0 Å². The van der Waals surface area contributed by atoms with Crippen LogP contribution in [0.15, 0.2) is 5.11 Å². The zero-order valence-corrected chi connectivity index (χ0v) is 5.74. The Hall–Kier alpha value is -0.250. The highest BCUT2D eigenvalue weighted by molar-refractivity contribution is 9.09. The molecule has 0 bridgehead atoms. The first-order valence-electron chi connectivity index (χ1n) is 2.06. The van der Waals surface area contributed by atoms with E-state index >= 15 is 0 Å². The number of hydrogen-bond acceptors (Lipinski definition) is 2. The minimum atomic E-state index is -0.550. The molecule has 0 aliphatic rings. The van der Waals surface area contributed by atoms with Gasteiger partial charge in [0.05, 0.1) is 12.6 Å². The molecule has 46 valence electrons. The van der Waals surface area contributed by atoms with Crippen LogP contribution in [0.1, 0.15) is 0 Å². The molecular weight excluding hydrogens is 174 g/mol. The van der Waals surface area contributed by atoms with Crippen molar-refractivity contribution >= 4 is 15.9 Å². The Balaban J connectivity index is 3.23. The van der Waals surface area contributed by atoms with Crippen LogP contribution < -0.4 is 0 Å². The summed E-state index contributed by atoms with van der Waals surface area (Å²) in [6, 6.07) is 0. The van der Waals surface area contributed by atoms with Crippen molar-refractivity contribution in [1.29, 1.82) is 0 Å². The van der Waals surface area contributed by atoms with Crippen LogP contribution in [0.4, 0.5) is 0 Å². The van der Waals surface area contributed by atoms with Crippen molar-refractivity contribution < 1.29 is 5.11 Å². The Kier molecular flexibility index (Phi) is 4.75. The SMILES string of the molecule is [N-]=[N+]=NC[C@H](O)CBr. The summed E-state index contributed by atoms with van der Waals surface area (Å²) in [4.78, 5) is 2.47. The molecule has 0 unspecified atom stereocenters. The Morgan fingerprint density at radius 1 is 1.88 bits per heavy atom. The Labute approximate surface area is 55.3 Å². The van der Waals surface area contributed by atoms with E-state index in [0.717, 1.165) is 0 Å². The molecule has 4 nitrogen and oxygen atoms in total. The van der Waals surface area contributed by atoms with E-state index in [2.05, 4.69) is 26.0 Å². The first-order chi connectivity index (χ1) is 3.81. The number of aliphatic hydroxyl groups excluding tert-OH is 1. The van der Waals surface area contributed by atoms with Crippen LogP contribution in [0.5, 0.6) is 0 Å². The second-order valence-corrected chi connectivity index (χ2v) is 1.87. The third kappa shape index (κ3) is 3.92. The molecule has 0 rings (SSSR count). The van der Waals surface area contributed by atoms with E-state index in [9.17, 15) is 0 Å². The van der Waals surface area contributed by atoms with Crippen LogP contribution >= 0.6 is 15.9 Å². The highest BCUT2D eigenvalue weighted by Gasteiger charge is 1.95. The van der Waals surface area contributed by atoms with Crippen LogP contribution in [0.25, 0.3) is 10.4 Å². The van der Waals surface area contributed by atoms with Gasteiger partial charge in [0.2, 0.25) is 0 Å². The highest BCUT2D eigenvalue weighted by Crippen LogP contribution is 1.89. The molecule has 0 spiro atoms. The van der Waals surface area contributed by atoms with Gasteiger partial charge in [-0.15, -0.1) is 0 Å². The average molecular weight is 180 g/mol. The molecule has 1 N–H and O–H groups in total. The lowest BCUT2D eigenvalue weighted by Gasteiger charge is -1.97. The summed E-state index contributed by atoms with van der Waals surface area (Å²) in [7, 11) is 0. The van der Waals surface area contributed by atoms with Crippen LogP contribution in [-0.4, -0.2) is 23.1 Å². The van der Waals surface area contributed by atoms with E-state index in [1.807, 2.05) is 0 Å². The number of rotatable bonds is 3. The third-order valence-corrected chi connectivity index (χ3v) is 1.28. The van der Waals surface area contributed by atoms with Gasteiger partial charge in [-0.1, -0.05) is 21.0 Å². The van der Waals surface area contributed by atoms with E-state index in [-0.39, 0.29) is 6.54 Å². The summed E-state index contributed by atoms with van der Waals surface area (Å²) in [5.74, 6) is 0. The molecule has 0 fully saturated rings. The lowest BCUT2D eigenvalue weighted by Crippen LogP contribution is -2.10. The smallest absolute Gasteiger partial charge is 0.0693 e. The number of halogens is 1. The van der Waals surface area contributed by atoms with Gasteiger partial charge < -0.3 is 5.11 Å². The van der Waals surface area contributed by atoms with Gasteiger partial charge in [-0.25, -0.2) is 0 Å². The number of nitrogens with zero attached hydrogens (tertiary/aromatic N) is 3. The second kappa shape index (κ2) is 4.90. The maximum absolute atomic E-state index is 8.68. The standard InChI is InChI=1S/C3H6BrN3O/c4-1-3(8)2-6-7-5/h3,8H,1-2H2/t3-/m1/s1. The Bertz CT molecular complexity index is 101. The van der Waals surface area contributed by atoms with Gasteiger partial charge >= 0.3 is 0 Å². The fourth-order valence-electron chi connectivity index (χ4n) is 0.180. The topological polar surface area (TPSA) is 69.0 Å². The Morgan fingerprint density at radius 3 is 2.88 bits per heavy atom. The molecule has 0 radical (unpaired) electrons. The summed E-state index contributed by atoms with van der Waals surface area (Å²) in [6.07, 6.45) is -0.550. The highest BCUT2D eigenvalue weighted by atomic mass is 79.9. The van der Waals surface area contributed by atoms with E-state index in [1.165, 1.54) is 0 Å². The molecule has 0 aliphatic carbocycles. The first-order valence-corrected chi connectivity index (χ1v) is 3.18. The van der Waals surface area contributed by atoms with E-state index in [0.29, 0.717) is 5.33 Å². The van der Waals surface area contributed by atoms with E-state index in [4.69, 9.17) is 10.6 Å². The van der Waals surface area contributed by atoms with Crippen molar-refractivity contribution in [2.24, 2.45) is 5.11 Å². The van der Waals surface area contributed by atoms with Crippen molar-refractivity contribution in [1.82, 2.24) is 0 Å². The average Bonchev–Trinajstić information content (AvgIpc) is 1.83. The van der Waals surface area contributed by atoms with Gasteiger partial charge in [-0.2, -0.15) is 0 Å². The van der Waals surface area contributed by atoms with E-state index < -0.39 is 6.10 Å². The van der Waals surface area contributed by atoms with Crippen molar-refractivity contribution in [3.8, 4) is 0 Å². The van der Waals surface area contributed by atoms with Crippen LogP contribution in [-0.2, 0) is 0 Å². The molecule has 8 heavy (non-hydrogen) atoms. The number of azide groups is 1. The molecule has 0 saturated heterocycles. The fraction of sp³-hybridized carbons (Fsp3) is 1.00. The number of aliphatic hydroxyl groups is 1. The normalized spacial score (nSPS) is 12.2. The van der Waals surface area contributed by atoms with Crippen LogP contribution in [0, 0.1) is 0 Å². The predicted molar refractivity (Wildman–Crippen MR) is 33.8 cm³/mol. The van der Waals surface area contributed by atoms with Crippen LogP contribution in [0.2, 0.25) is 0 Å². The minimum absolute atomic E-state index is 0.141. The van der Waals surface area contributed by atoms with Crippen molar-refractivity contribution in [3.05, 3.63) is 10.4 Å². The zero-order chi connectivity index (χ0) is 6.41. The lowest BCUT2D eigenvalue weighted by atomic mass is 10.4. The quantitative estimate of drug-likeness (QED) is 0.300. The summed E-state index contributed by atoms with van der Waals surface area (Å²) in [5, 5.41) is 12.3. The molecule has 5 heteroatoms. The number of hydrogen-bond donors (Lipinski definition) is 1. The maximum atomic E-state index is 8.68. The second-order valence-electron chi connectivity index (χ2n) is 1.22. The van der Waals surface area contributed by atoms with Gasteiger partial charge in [0, 0.05) is 10.2 Å². The van der Waals surface area contributed by atoms with E-state index in [1.54, 1.807) is 0 Å². The lowest BCUT2D eigenvalue weighted by molar-refractivity contribution is 0.209. The molecular formula is C3H6BrN3O. The van der Waals surface area contributed by atoms with Gasteiger partial charge in [0.1, 0.15) is 0 Å².